The van der Waals surface area contributed by atoms with E-state index in [1.807, 2.05) is 54.6 Å². The molecule has 0 fully saturated rings. The molecule has 3 heteroatoms. The van der Waals surface area contributed by atoms with Crippen molar-refractivity contribution < 1.29 is 9.47 Å². The Morgan fingerprint density at radius 2 is 1.48 bits per heavy atom. The zero-order valence-corrected chi connectivity index (χ0v) is 15.2. The van der Waals surface area contributed by atoms with Crippen LogP contribution in [0.3, 0.4) is 0 Å². The number of rotatable bonds is 6. The molecule has 0 radical (unpaired) electrons. The molecule has 0 spiro atoms. The molecule has 0 bridgehead atoms. The summed E-state index contributed by atoms with van der Waals surface area (Å²) in [5.41, 5.74) is 4.34. The van der Waals surface area contributed by atoms with Crippen LogP contribution >= 0.6 is 11.6 Å². The Bertz CT molecular complexity index is 824. The van der Waals surface area contributed by atoms with Gasteiger partial charge in [-0.3, -0.25) is 0 Å². The zero-order valence-electron chi connectivity index (χ0n) is 14.5. The lowest BCUT2D eigenvalue weighted by Gasteiger charge is -2.15. The number of para-hydroxylation sites is 2. The van der Waals surface area contributed by atoms with Crippen LogP contribution < -0.4 is 9.47 Å². The fourth-order valence-corrected chi connectivity index (χ4v) is 2.99. The van der Waals surface area contributed by atoms with Gasteiger partial charge in [0.15, 0.2) is 0 Å². The van der Waals surface area contributed by atoms with E-state index in [1.54, 1.807) is 0 Å². The van der Waals surface area contributed by atoms with E-state index in [9.17, 15) is 0 Å². The Balaban J connectivity index is 1.81. The Kier molecular flexibility index (Phi) is 5.62. The average molecular weight is 353 g/mol. The normalized spacial score (nSPS) is 10.5. The molecular weight excluding hydrogens is 332 g/mol. The van der Waals surface area contributed by atoms with Crippen molar-refractivity contribution in [3.8, 4) is 17.2 Å². The SMILES string of the molecule is Cc1cccc(C)c1OCc1cc(Oc2ccccc2)ccc1CCl. The molecule has 2 nitrogen and oxygen atoms in total. The number of ether oxygens (including phenoxy) is 2. The highest BCUT2D eigenvalue weighted by Gasteiger charge is 2.09. The molecule has 0 saturated carbocycles. The van der Waals surface area contributed by atoms with E-state index in [-0.39, 0.29) is 0 Å². The molecule has 0 aromatic heterocycles. The Hall–Kier alpha value is -2.45. The van der Waals surface area contributed by atoms with Gasteiger partial charge in [-0.05, 0) is 60.4 Å². The lowest BCUT2D eigenvalue weighted by atomic mass is 10.1. The predicted octanol–water partition coefficient (Wildman–Crippen LogP) is 6.41. The molecular formula is C22H21ClO2. The minimum absolute atomic E-state index is 0.442. The predicted molar refractivity (Wildman–Crippen MR) is 103 cm³/mol. The van der Waals surface area contributed by atoms with Gasteiger partial charge in [0.1, 0.15) is 23.9 Å². The van der Waals surface area contributed by atoms with Gasteiger partial charge in [0.25, 0.3) is 0 Å². The zero-order chi connectivity index (χ0) is 17.6. The summed E-state index contributed by atoms with van der Waals surface area (Å²) in [6.07, 6.45) is 0. The maximum atomic E-state index is 6.09. The Morgan fingerprint density at radius 3 is 2.16 bits per heavy atom. The highest BCUT2D eigenvalue weighted by Crippen LogP contribution is 2.28. The Labute approximate surface area is 154 Å². The fourth-order valence-electron chi connectivity index (χ4n) is 2.73. The summed E-state index contributed by atoms with van der Waals surface area (Å²) in [7, 11) is 0. The summed E-state index contributed by atoms with van der Waals surface area (Å²) in [6.45, 7) is 4.57. The van der Waals surface area contributed by atoms with Crippen LogP contribution in [0.2, 0.25) is 0 Å². The number of hydrogen-bond acceptors (Lipinski definition) is 2. The lowest BCUT2D eigenvalue weighted by molar-refractivity contribution is 0.300. The number of benzene rings is 3. The summed E-state index contributed by atoms with van der Waals surface area (Å²) in [5, 5.41) is 0. The number of halogens is 1. The lowest BCUT2D eigenvalue weighted by Crippen LogP contribution is -2.02. The molecule has 0 aliphatic heterocycles. The quantitative estimate of drug-likeness (QED) is 0.477. The van der Waals surface area contributed by atoms with E-state index in [2.05, 4.69) is 26.0 Å². The summed E-state index contributed by atoms with van der Waals surface area (Å²) in [5.74, 6) is 2.96. The summed E-state index contributed by atoms with van der Waals surface area (Å²) >= 11 is 6.09. The molecule has 25 heavy (non-hydrogen) atoms. The molecule has 0 heterocycles. The molecule has 3 rings (SSSR count). The molecule has 0 atom stereocenters. The van der Waals surface area contributed by atoms with Crippen molar-refractivity contribution in [2.75, 3.05) is 0 Å². The second kappa shape index (κ2) is 8.09. The van der Waals surface area contributed by atoms with Crippen LogP contribution in [-0.4, -0.2) is 0 Å². The summed E-state index contributed by atoms with van der Waals surface area (Å²) < 4.78 is 12.0. The maximum Gasteiger partial charge on any atom is 0.127 e. The first kappa shape index (κ1) is 17.4. The van der Waals surface area contributed by atoms with Gasteiger partial charge in [-0.25, -0.2) is 0 Å². The highest BCUT2D eigenvalue weighted by molar-refractivity contribution is 6.17. The molecule has 0 aliphatic rings. The largest absolute Gasteiger partial charge is 0.488 e. The van der Waals surface area contributed by atoms with Gasteiger partial charge >= 0.3 is 0 Å². The number of aryl methyl sites for hydroxylation is 2. The number of alkyl halides is 1. The van der Waals surface area contributed by atoms with Crippen LogP contribution in [0, 0.1) is 13.8 Å². The van der Waals surface area contributed by atoms with Crippen LogP contribution in [0.25, 0.3) is 0 Å². The minimum Gasteiger partial charge on any atom is -0.488 e. The molecule has 0 unspecified atom stereocenters. The van der Waals surface area contributed by atoms with Gasteiger partial charge in [0.05, 0.1) is 0 Å². The van der Waals surface area contributed by atoms with E-state index in [4.69, 9.17) is 21.1 Å². The van der Waals surface area contributed by atoms with Crippen LogP contribution in [0.1, 0.15) is 22.3 Å². The summed E-state index contributed by atoms with van der Waals surface area (Å²) in [6, 6.07) is 21.8. The monoisotopic (exact) mass is 352 g/mol. The first-order valence-corrected chi connectivity index (χ1v) is 8.80. The fraction of sp³-hybridized carbons (Fsp3) is 0.182. The van der Waals surface area contributed by atoms with Gasteiger partial charge in [-0.1, -0.05) is 42.5 Å². The minimum atomic E-state index is 0.442. The Morgan fingerprint density at radius 1 is 0.760 bits per heavy atom. The molecule has 0 amide bonds. The molecule has 0 N–H and O–H groups in total. The maximum absolute atomic E-state index is 6.09. The van der Waals surface area contributed by atoms with Crippen molar-refractivity contribution in [2.24, 2.45) is 0 Å². The highest BCUT2D eigenvalue weighted by atomic mass is 35.5. The second-order valence-electron chi connectivity index (χ2n) is 5.99. The average Bonchev–Trinajstić information content (AvgIpc) is 2.62. The first-order chi connectivity index (χ1) is 12.2. The van der Waals surface area contributed by atoms with E-state index in [0.29, 0.717) is 12.5 Å². The third kappa shape index (κ3) is 4.34. The van der Waals surface area contributed by atoms with Gasteiger partial charge in [0, 0.05) is 5.88 Å². The van der Waals surface area contributed by atoms with Gasteiger partial charge in [-0.2, -0.15) is 0 Å². The van der Waals surface area contributed by atoms with Crippen molar-refractivity contribution in [2.45, 2.75) is 26.3 Å². The third-order valence-electron chi connectivity index (χ3n) is 4.08. The molecule has 0 aliphatic carbocycles. The summed E-state index contributed by atoms with van der Waals surface area (Å²) in [4.78, 5) is 0. The van der Waals surface area contributed by atoms with Crippen molar-refractivity contribution in [3.63, 3.8) is 0 Å². The number of hydrogen-bond donors (Lipinski definition) is 0. The third-order valence-corrected chi connectivity index (χ3v) is 4.37. The smallest absolute Gasteiger partial charge is 0.127 e. The van der Waals surface area contributed by atoms with Crippen molar-refractivity contribution in [3.05, 3.63) is 89.0 Å². The van der Waals surface area contributed by atoms with Crippen molar-refractivity contribution >= 4 is 11.6 Å². The van der Waals surface area contributed by atoms with E-state index < -0.39 is 0 Å². The molecule has 3 aromatic rings. The van der Waals surface area contributed by atoms with Crippen molar-refractivity contribution in [1.82, 2.24) is 0 Å². The van der Waals surface area contributed by atoms with Crippen LogP contribution in [0.5, 0.6) is 17.2 Å². The molecule has 3 aromatic carbocycles. The van der Waals surface area contributed by atoms with E-state index >= 15 is 0 Å². The van der Waals surface area contributed by atoms with Gasteiger partial charge in [0.2, 0.25) is 0 Å². The van der Waals surface area contributed by atoms with Crippen molar-refractivity contribution in [1.29, 1.82) is 0 Å². The van der Waals surface area contributed by atoms with E-state index in [0.717, 1.165) is 39.5 Å². The molecule has 0 saturated heterocycles. The van der Waals surface area contributed by atoms with Crippen LogP contribution in [0.15, 0.2) is 66.7 Å². The molecule has 128 valence electrons. The second-order valence-corrected chi connectivity index (χ2v) is 6.26. The van der Waals surface area contributed by atoms with E-state index in [1.165, 1.54) is 0 Å². The van der Waals surface area contributed by atoms with Gasteiger partial charge < -0.3 is 9.47 Å². The van der Waals surface area contributed by atoms with Crippen LogP contribution in [-0.2, 0) is 12.5 Å². The topological polar surface area (TPSA) is 18.5 Å². The van der Waals surface area contributed by atoms with Crippen LogP contribution in [0.4, 0.5) is 0 Å². The van der Waals surface area contributed by atoms with Gasteiger partial charge in [-0.15, -0.1) is 11.6 Å². The standard InChI is InChI=1S/C22H21ClO2/c1-16-7-6-8-17(2)22(16)24-15-19-13-21(12-11-18(19)14-23)25-20-9-4-3-5-10-20/h3-13H,14-15H2,1-2H3. The first-order valence-electron chi connectivity index (χ1n) is 8.27.